The number of fused-ring (bicyclic) bond motifs is 1. The molecule has 2 aliphatic heterocycles. The molecule has 3 aromatic rings. The Morgan fingerprint density at radius 1 is 1.00 bits per heavy atom. The van der Waals surface area contributed by atoms with E-state index >= 15 is 0 Å². The van der Waals surface area contributed by atoms with Crippen molar-refractivity contribution in [3.63, 3.8) is 0 Å². The molecule has 176 valence electrons. The first-order valence-electron chi connectivity index (χ1n) is 11.1. The number of ether oxygens (including phenoxy) is 1. The maximum absolute atomic E-state index is 13.9. The molecule has 5 rings (SSSR count). The second kappa shape index (κ2) is 9.11. The molecule has 2 heterocycles. The molecule has 0 bridgehead atoms. The van der Waals surface area contributed by atoms with Crippen LogP contribution in [0.5, 0.6) is 0 Å². The van der Waals surface area contributed by atoms with Gasteiger partial charge in [-0.1, -0.05) is 41.9 Å². The Labute approximate surface area is 202 Å². The maximum Gasteiger partial charge on any atom is 0.252 e. The van der Waals surface area contributed by atoms with E-state index in [9.17, 15) is 18.0 Å². The van der Waals surface area contributed by atoms with Crippen LogP contribution in [-0.4, -0.2) is 49.8 Å². The van der Waals surface area contributed by atoms with Gasteiger partial charge in [0.1, 0.15) is 6.04 Å². The number of hydrogen-bond acceptors (Lipinski definition) is 5. The van der Waals surface area contributed by atoms with Gasteiger partial charge in [0.2, 0.25) is 15.9 Å². The number of imide groups is 1. The molecule has 0 aliphatic carbocycles. The topological polar surface area (TPSA) is 84.0 Å². The largest absolute Gasteiger partial charge is 0.377 e. The summed E-state index contributed by atoms with van der Waals surface area (Å²) < 4.78 is 34.6. The Morgan fingerprint density at radius 2 is 1.74 bits per heavy atom. The van der Waals surface area contributed by atoms with Gasteiger partial charge in [-0.2, -0.15) is 4.31 Å². The third-order valence-electron chi connectivity index (χ3n) is 6.29. The number of nitrogens with zero attached hydrogens (tertiary/aromatic N) is 2. The van der Waals surface area contributed by atoms with Crippen molar-refractivity contribution in [3.05, 3.63) is 71.8 Å². The molecular formula is C25H23ClN2O5S. The standard InChI is InChI=1S/C25H23ClN2O5S/c26-19-8-10-20(11-9-19)28-24(29)15-23(25(28)30)27(16-21-6-3-13-33-21)34(31,32)22-12-7-17-4-1-2-5-18(17)14-22/h1-2,4-5,7-12,14,21,23H,3,6,13,15-16H2. The van der Waals surface area contributed by atoms with Gasteiger partial charge in [-0.3, -0.25) is 9.59 Å². The van der Waals surface area contributed by atoms with Crippen molar-refractivity contribution in [1.29, 1.82) is 0 Å². The van der Waals surface area contributed by atoms with Crippen molar-refractivity contribution < 1.29 is 22.7 Å². The molecule has 2 aliphatic rings. The summed E-state index contributed by atoms with van der Waals surface area (Å²) in [6.07, 6.45) is 0.950. The van der Waals surface area contributed by atoms with E-state index in [1.54, 1.807) is 42.5 Å². The summed E-state index contributed by atoms with van der Waals surface area (Å²) in [4.78, 5) is 27.4. The van der Waals surface area contributed by atoms with Crippen molar-refractivity contribution in [1.82, 2.24) is 4.31 Å². The Hall–Kier alpha value is -2.78. The van der Waals surface area contributed by atoms with Crippen molar-refractivity contribution >= 4 is 49.9 Å². The SMILES string of the molecule is O=C1CC(N(CC2CCCO2)S(=O)(=O)c2ccc3ccccc3c2)C(=O)N1c1ccc(Cl)cc1. The van der Waals surface area contributed by atoms with Crippen molar-refractivity contribution in [3.8, 4) is 0 Å². The van der Waals surface area contributed by atoms with Gasteiger partial charge in [-0.15, -0.1) is 0 Å². The first-order chi connectivity index (χ1) is 16.3. The Morgan fingerprint density at radius 3 is 2.44 bits per heavy atom. The van der Waals surface area contributed by atoms with Crippen molar-refractivity contribution in [2.45, 2.75) is 36.3 Å². The van der Waals surface area contributed by atoms with E-state index in [4.69, 9.17) is 16.3 Å². The summed E-state index contributed by atoms with van der Waals surface area (Å²) in [5, 5.41) is 2.16. The number of rotatable bonds is 6. The second-order valence-corrected chi connectivity index (χ2v) is 10.8. The van der Waals surface area contributed by atoms with Crippen LogP contribution in [-0.2, 0) is 24.3 Å². The van der Waals surface area contributed by atoms with Crippen LogP contribution in [0.1, 0.15) is 19.3 Å². The lowest BCUT2D eigenvalue weighted by atomic mass is 10.1. The molecule has 9 heteroatoms. The summed E-state index contributed by atoms with van der Waals surface area (Å²) in [5.74, 6) is -1.03. The van der Waals surface area contributed by atoms with Crippen LogP contribution >= 0.6 is 11.6 Å². The Balaban J connectivity index is 1.53. The van der Waals surface area contributed by atoms with Crippen LogP contribution in [0.4, 0.5) is 5.69 Å². The van der Waals surface area contributed by atoms with Crippen LogP contribution in [0.3, 0.4) is 0 Å². The lowest BCUT2D eigenvalue weighted by molar-refractivity contribution is -0.122. The van der Waals surface area contributed by atoms with E-state index in [2.05, 4.69) is 0 Å². The lowest BCUT2D eigenvalue weighted by Gasteiger charge is -2.29. The summed E-state index contributed by atoms with van der Waals surface area (Å²) in [7, 11) is -4.10. The summed E-state index contributed by atoms with van der Waals surface area (Å²) in [6, 6.07) is 17.5. The molecule has 0 aromatic heterocycles. The van der Waals surface area contributed by atoms with Crippen LogP contribution in [0, 0.1) is 0 Å². The van der Waals surface area contributed by atoms with E-state index in [1.807, 2.05) is 24.3 Å². The highest BCUT2D eigenvalue weighted by Gasteiger charge is 2.47. The molecule has 2 amide bonds. The van der Waals surface area contributed by atoms with Gasteiger partial charge in [-0.25, -0.2) is 13.3 Å². The smallest absolute Gasteiger partial charge is 0.252 e. The van der Waals surface area contributed by atoms with Gasteiger partial charge in [0, 0.05) is 18.2 Å². The fourth-order valence-corrected chi connectivity index (χ4v) is 6.32. The molecule has 0 saturated carbocycles. The maximum atomic E-state index is 13.9. The molecule has 34 heavy (non-hydrogen) atoms. The molecule has 3 aromatic carbocycles. The molecule has 2 fully saturated rings. The zero-order chi connectivity index (χ0) is 23.9. The van der Waals surface area contributed by atoms with Crippen LogP contribution in [0.2, 0.25) is 5.02 Å². The predicted molar refractivity (Wildman–Crippen MR) is 129 cm³/mol. The Kier molecular flexibility index (Phi) is 6.16. The number of anilines is 1. The molecule has 0 radical (unpaired) electrons. The molecule has 0 spiro atoms. The number of carbonyl (C=O) groups is 2. The van der Waals surface area contributed by atoms with E-state index < -0.39 is 27.9 Å². The highest BCUT2D eigenvalue weighted by Crippen LogP contribution is 2.32. The minimum atomic E-state index is -4.10. The van der Waals surface area contributed by atoms with Gasteiger partial charge in [0.05, 0.1) is 23.1 Å². The number of sulfonamides is 1. The van der Waals surface area contributed by atoms with E-state index in [0.717, 1.165) is 26.4 Å². The highest BCUT2D eigenvalue weighted by molar-refractivity contribution is 7.89. The number of hydrogen-bond donors (Lipinski definition) is 0. The number of carbonyl (C=O) groups excluding carboxylic acids is 2. The lowest BCUT2D eigenvalue weighted by Crippen LogP contribution is -2.48. The van der Waals surface area contributed by atoms with Gasteiger partial charge in [-0.05, 0) is 60.0 Å². The number of amides is 2. The van der Waals surface area contributed by atoms with Crippen LogP contribution in [0.15, 0.2) is 71.6 Å². The van der Waals surface area contributed by atoms with E-state index in [-0.39, 0.29) is 24.0 Å². The van der Waals surface area contributed by atoms with Gasteiger partial charge < -0.3 is 4.74 Å². The van der Waals surface area contributed by atoms with Gasteiger partial charge in [0.25, 0.3) is 5.91 Å². The number of halogens is 1. The average molecular weight is 499 g/mol. The summed E-state index contributed by atoms with van der Waals surface area (Å²) in [6.45, 7) is 0.552. The first-order valence-corrected chi connectivity index (χ1v) is 12.9. The highest BCUT2D eigenvalue weighted by atomic mass is 35.5. The monoisotopic (exact) mass is 498 g/mol. The predicted octanol–water partition coefficient (Wildman–Crippen LogP) is 4.00. The number of benzene rings is 3. The zero-order valence-corrected chi connectivity index (χ0v) is 19.8. The molecule has 2 atom stereocenters. The van der Waals surface area contributed by atoms with Crippen molar-refractivity contribution in [2.24, 2.45) is 0 Å². The molecule has 2 unspecified atom stereocenters. The first kappa shape index (κ1) is 23.0. The second-order valence-electron chi connectivity index (χ2n) is 8.48. The van der Waals surface area contributed by atoms with Crippen LogP contribution < -0.4 is 4.90 Å². The normalized spacial score (nSPS) is 21.2. The minimum absolute atomic E-state index is 0.00725. The van der Waals surface area contributed by atoms with Gasteiger partial charge >= 0.3 is 0 Å². The third-order valence-corrected chi connectivity index (χ3v) is 8.41. The van der Waals surface area contributed by atoms with Gasteiger partial charge in [0.15, 0.2) is 0 Å². The van der Waals surface area contributed by atoms with Crippen LogP contribution in [0.25, 0.3) is 10.8 Å². The quantitative estimate of drug-likeness (QED) is 0.480. The summed E-state index contributed by atoms with van der Waals surface area (Å²) >= 11 is 5.94. The third kappa shape index (κ3) is 4.22. The zero-order valence-electron chi connectivity index (χ0n) is 18.3. The Bertz CT molecular complexity index is 1350. The fourth-order valence-electron chi connectivity index (χ4n) is 4.55. The fraction of sp³-hybridized carbons (Fsp3) is 0.280. The van der Waals surface area contributed by atoms with Crippen molar-refractivity contribution in [2.75, 3.05) is 18.1 Å². The van der Waals surface area contributed by atoms with E-state index in [1.165, 1.54) is 0 Å². The molecular weight excluding hydrogens is 476 g/mol. The minimum Gasteiger partial charge on any atom is -0.377 e. The molecule has 2 saturated heterocycles. The average Bonchev–Trinajstić information content (AvgIpc) is 3.45. The molecule has 7 nitrogen and oxygen atoms in total. The van der Waals surface area contributed by atoms with E-state index in [0.29, 0.717) is 23.7 Å². The summed E-state index contributed by atoms with van der Waals surface area (Å²) in [5.41, 5.74) is 0.363. The molecule has 0 N–H and O–H groups in total.